The van der Waals surface area contributed by atoms with Crippen LogP contribution in [-0.4, -0.2) is 11.7 Å². The Labute approximate surface area is 137 Å². The molecule has 0 fully saturated rings. The lowest BCUT2D eigenvalue weighted by atomic mass is 9.77. The van der Waals surface area contributed by atoms with Crippen LogP contribution in [0.25, 0.3) is 0 Å². The Morgan fingerprint density at radius 3 is 2.45 bits per heavy atom. The van der Waals surface area contributed by atoms with E-state index in [1.807, 2.05) is 18.2 Å². The van der Waals surface area contributed by atoms with Crippen molar-refractivity contribution in [1.82, 2.24) is 0 Å². The third-order valence-corrected chi connectivity index (χ3v) is 4.44. The van der Waals surface area contributed by atoms with Crippen LogP contribution in [-0.2, 0) is 5.41 Å². The highest BCUT2D eigenvalue weighted by atomic mass is 32.1. The molecule has 3 N–H and O–H groups in total. The molecule has 3 rings (SSSR count). The van der Waals surface area contributed by atoms with Gasteiger partial charge in [-0.1, -0.05) is 44.2 Å². The Balaban J connectivity index is 2.09. The standard InChI is InChI=1S/C18H21N3S/c1-18(2)11-12-21(15-9-5-3-7-13(15)18)16-10-6-4-8-14(16)20-17(19)22/h3-10H,11-12H2,1-2H3,(H3,19,20,22). The number of nitrogens with two attached hydrogens (primary N) is 1. The molecule has 0 aliphatic carbocycles. The summed E-state index contributed by atoms with van der Waals surface area (Å²) in [6.07, 6.45) is 1.10. The first-order chi connectivity index (χ1) is 10.5. The zero-order valence-corrected chi connectivity index (χ0v) is 13.8. The molecule has 1 heterocycles. The van der Waals surface area contributed by atoms with Gasteiger partial charge < -0.3 is 16.0 Å². The fourth-order valence-corrected chi connectivity index (χ4v) is 3.24. The minimum atomic E-state index is 0.193. The van der Waals surface area contributed by atoms with Gasteiger partial charge in [0.2, 0.25) is 0 Å². The Kier molecular flexibility index (Phi) is 3.79. The van der Waals surface area contributed by atoms with Crippen molar-refractivity contribution in [2.24, 2.45) is 5.73 Å². The van der Waals surface area contributed by atoms with Crippen LogP contribution in [0.5, 0.6) is 0 Å². The fraction of sp³-hybridized carbons (Fsp3) is 0.278. The summed E-state index contributed by atoms with van der Waals surface area (Å²) >= 11 is 5.00. The van der Waals surface area contributed by atoms with E-state index in [1.54, 1.807) is 0 Å². The maximum Gasteiger partial charge on any atom is 0.168 e. The van der Waals surface area contributed by atoms with E-state index in [4.69, 9.17) is 18.0 Å². The number of para-hydroxylation sites is 3. The molecule has 22 heavy (non-hydrogen) atoms. The highest BCUT2D eigenvalue weighted by molar-refractivity contribution is 7.80. The van der Waals surface area contributed by atoms with Crippen molar-refractivity contribution in [2.75, 3.05) is 16.8 Å². The van der Waals surface area contributed by atoms with E-state index in [1.165, 1.54) is 11.3 Å². The highest BCUT2D eigenvalue weighted by Gasteiger charge is 2.31. The summed E-state index contributed by atoms with van der Waals surface area (Å²) in [6, 6.07) is 16.8. The van der Waals surface area contributed by atoms with Gasteiger partial charge in [-0.15, -0.1) is 0 Å². The monoisotopic (exact) mass is 311 g/mol. The van der Waals surface area contributed by atoms with Gasteiger partial charge in [-0.3, -0.25) is 0 Å². The van der Waals surface area contributed by atoms with E-state index < -0.39 is 0 Å². The van der Waals surface area contributed by atoms with Crippen LogP contribution in [0.4, 0.5) is 17.1 Å². The first kappa shape index (κ1) is 14.9. The van der Waals surface area contributed by atoms with Gasteiger partial charge in [0.1, 0.15) is 0 Å². The van der Waals surface area contributed by atoms with Gasteiger partial charge in [-0.05, 0) is 47.8 Å². The zero-order valence-electron chi connectivity index (χ0n) is 13.0. The second-order valence-electron chi connectivity index (χ2n) is 6.31. The Bertz CT molecular complexity index is 709. The molecule has 0 amide bonds. The minimum absolute atomic E-state index is 0.193. The molecular weight excluding hydrogens is 290 g/mol. The van der Waals surface area contributed by atoms with Gasteiger partial charge in [-0.25, -0.2) is 0 Å². The molecular formula is C18H21N3S. The average molecular weight is 311 g/mol. The van der Waals surface area contributed by atoms with Crippen LogP contribution in [0, 0.1) is 0 Å². The summed E-state index contributed by atoms with van der Waals surface area (Å²) in [5.74, 6) is 0. The van der Waals surface area contributed by atoms with Crippen molar-refractivity contribution >= 4 is 34.4 Å². The van der Waals surface area contributed by atoms with Gasteiger partial charge in [0.15, 0.2) is 5.11 Å². The number of hydrogen-bond acceptors (Lipinski definition) is 2. The number of benzene rings is 2. The number of thiocarbonyl (C=S) groups is 1. The topological polar surface area (TPSA) is 41.3 Å². The van der Waals surface area contributed by atoms with E-state index >= 15 is 0 Å². The Morgan fingerprint density at radius 2 is 1.73 bits per heavy atom. The molecule has 0 saturated heterocycles. The maximum atomic E-state index is 5.66. The molecule has 0 bridgehead atoms. The fourth-order valence-electron chi connectivity index (χ4n) is 3.13. The van der Waals surface area contributed by atoms with Crippen molar-refractivity contribution in [2.45, 2.75) is 25.7 Å². The normalized spacial score (nSPS) is 16.0. The van der Waals surface area contributed by atoms with Crippen LogP contribution >= 0.6 is 12.2 Å². The predicted octanol–water partition coefficient (Wildman–Crippen LogP) is 4.16. The van der Waals surface area contributed by atoms with E-state index in [2.05, 4.69) is 54.4 Å². The third kappa shape index (κ3) is 2.66. The number of rotatable bonds is 2. The van der Waals surface area contributed by atoms with E-state index in [-0.39, 0.29) is 10.5 Å². The number of anilines is 3. The van der Waals surface area contributed by atoms with Gasteiger partial charge in [-0.2, -0.15) is 0 Å². The van der Waals surface area contributed by atoms with Gasteiger partial charge in [0.05, 0.1) is 11.4 Å². The summed E-state index contributed by atoms with van der Waals surface area (Å²) in [5.41, 5.74) is 10.6. The predicted molar refractivity (Wildman–Crippen MR) is 97.9 cm³/mol. The zero-order chi connectivity index (χ0) is 15.7. The largest absolute Gasteiger partial charge is 0.376 e. The molecule has 114 valence electrons. The summed E-state index contributed by atoms with van der Waals surface area (Å²) in [7, 11) is 0. The van der Waals surface area contributed by atoms with Gasteiger partial charge in [0.25, 0.3) is 0 Å². The lowest BCUT2D eigenvalue weighted by Gasteiger charge is -2.40. The Morgan fingerprint density at radius 1 is 1.09 bits per heavy atom. The average Bonchev–Trinajstić information content (AvgIpc) is 2.48. The molecule has 1 aliphatic rings. The second kappa shape index (κ2) is 5.61. The Hall–Kier alpha value is -2.07. The number of fused-ring (bicyclic) bond motifs is 1. The maximum absolute atomic E-state index is 5.66. The van der Waals surface area contributed by atoms with Gasteiger partial charge >= 0.3 is 0 Å². The molecule has 0 atom stereocenters. The number of nitrogens with zero attached hydrogens (tertiary/aromatic N) is 1. The molecule has 1 aliphatic heterocycles. The van der Waals surface area contributed by atoms with Crippen molar-refractivity contribution in [1.29, 1.82) is 0 Å². The summed E-state index contributed by atoms with van der Waals surface area (Å²) < 4.78 is 0. The molecule has 0 spiro atoms. The molecule has 0 radical (unpaired) electrons. The lowest BCUT2D eigenvalue weighted by Crippen LogP contribution is -2.35. The number of hydrogen-bond donors (Lipinski definition) is 2. The van der Waals surface area contributed by atoms with Crippen molar-refractivity contribution in [3.05, 3.63) is 54.1 Å². The molecule has 0 saturated carbocycles. The van der Waals surface area contributed by atoms with E-state index in [9.17, 15) is 0 Å². The third-order valence-electron chi connectivity index (χ3n) is 4.34. The van der Waals surface area contributed by atoms with Crippen molar-refractivity contribution < 1.29 is 0 Å². The van der Waals surface area contributed by atoms with Crippen LogP contribution in [0.2, 0.25) is 0 Å². The first-order valence-corrected chi connectivity index (χ1v) is 7.92. The van der Waals surface area contributed by atoms with E-state index in [0.29, 0.717) is 0 Å². The summed E-state index contributed by atoms with van der Waals surface area (Å²) in [6.45, 7) is 5.59. The minimum Gasteiger partial charge on any atom is -0.376 e. The van der Waals surface area contributed by atoms with Crippen LogP contribution in [0.1, 0.15) is 25.8 Å². The van der Waals surface area contributed by atoms with E-state index in [0.717, 1.165) is 24.3 Å². The smallest absolute Gasteiger partial charge is 0.168 e. The van der Waals surface area contributed by atoms with Crippen LogP contribution in [0.3, 0.4) is 0 Å². The van der Waals surface area contributed by atoms with Gasteiger partial charge in [0, 0.05) is 12.2 Å². The summed E-state index contributed by atoms with van der Waals surface area (Å²) in [4.78, 5) is 2.35. The first-order valence-electron chi connectivity index (χ1n) is 7.51. The molecule has 0 aromatic heterocycles. The highest BCUT2D eigenvalue weighted by Crippen LogP contribution is 2.44. The second-order valence-corrected chi connectivity index (χ2v) is 6.75. The molecule has 0 unspecified atom stereocenters. The molecule has 2 aromatic carbocycles. The quantitative estimate of drug-likeness (QED) is 0.817. The molecule has 4 heteroatoms. The van der Waals surface area contributed by atoms with Crippen molar-refractivity contribution in [3.8, 4) is 0 Å². The lowest BCUT2D eigenvalue weighted by molar-refractivity contribution is 0.467. The molecule has 2 aromatic rings. The van der Waals surface area contributed by atoms with Crippen LogP contribution < -0.4 is 16.0 Å². The summed E-state index contributed by atoms with van der Waals surface area (Å²) in [5, 5.41) is 3.38. The van der Waals surface area contributed by atoms with Crippen molar-refractivity contribution in [3.63, 3.8) is 0 Å². The number of nitrogens with one attached hydrogen (secondary N) is 1. The SMILES string of the molecule is CC1(C)CCN(c2ccccc2NC(N)=S)c2ccccc21. The van der Waals surface area contributed by atoms with Crippen LogP contribution in [0.15, 0.2) is 48.5 Å². The molecule has 3 nitrogen and oxygen atoms in total.